The number of para-hydroxylation sites is 4. The molecule has 0 saturated carbocycles. The lowest BCUT2D eigenvalue weighted by molar-refractivity contribution is 1.13. The van der Waals surface area contributed by atoms with Crippen molar-refractivity contribution < 1.29 is 0 Å². The van der Waals surface area contributed by atoms with Crippen LogP contribution in [0, 0.1) is 0 Å². The van der Waals surface area contributed by atoms with Gasteiger partial charge in [-0.05, 0) is 54.6 Å². The molecular formula is C40H26N4. The summed E-state index contributed by atoms with van der Waals surface area (Å²) >= 11 is 0. The Balaban J connectivity index is 1.33. The van der Waals surface area contributed by atoms with Crippen LogP contribution in [0.5, 0.6) is 0 Å². The van der Waals surface area contributed by atoms with E-state index >= 15 is 0 Å². The van der Waals surface area contributed by atoms with Crippen LogP contribution >= 0.6 is 0 Å². The van der Waals surface area contributed by atoms with Crippen molar-refractivity contribution in [3.63, 3.8) is 0 Å². The minimum absolute atomic E-state index is 0.949. The van der Waals surface area contributed by atoms with Gasteiger partial charge in [-0.25, -0.2) is 4.98 Å². The van der Waals surface area contributed by atoms with Crippen molar-refractivity contribution in [1.29, 1.82) is 0 Å². The van der Waals surface area contributed by atoms with E-state index in [1.54, 1.807) is 0 Å². The van der Waals surface area contributed by atoms with Crippen LogP contribution in [0.25, 0.3) is 61.1 Å². The molecule has 0 atom stereocenters. The maximum Gasteiger partial charge on any atom is 0.0724 e. The molecule has 5 aromatic carbocycles. The summed E-state index contributed by atoms with van der Waals surface area (Å²) in [6.07, 6.45) is 3.90. The Hall–Kier alpha value is -6.00. The standard InChI is InChI=1S/C40H26N4/c1-2-13-29(14-3-1)44-36-19-8-5-16-31(36)39-32-23-24-41-26-38(32)43(37-20-9-6-17-33(37)40(39)44)30-15-10-12-28(25-30)35-22-21-27-11-4-7-18-34(27)42-35/h1-26H. The molecule has 4 nitrogen and oxygen atoms in total. The van der Waals surface area contributed by atoms with Gasteiger partial charge >= 0.3 is 0 Å². The van der Waals surface area contributed by atoms with E-state index in [9.17, 15) is 0 Å². The van der Waals surface area contributed by atoms with Crippen LogP contribution < -0.4 is 4.90 Å². The van der Waals surface area contributed by atoms with E-state index in [4.69, 9.17) is 4.98 Å². The maximum absolute atomic E-state index is 5.01. The van der Waals surface area contributed by atoms with Crippen LogP contribution in [0.2, 0.25) is 0 Å². The lowest BCUT2D eigenvalue weighted by atomic mass is 9.99. The van der Waals surface area contributed by atoms with Gasteiger partial charge in [0.15, 0.2) is 0 Å². The molecule has 0 aliphatic carbocycles. The molecule has 44 heavy (non-hydrogen) atoms. The van der Waals surface area contributed by atoms with Gasteiger partial charge in [0.05, 0.1) is 40.0 Å². The fraction of sp³-hybridized carbons (Fsp3) is 0. The van der Waals surface area contributed by atoms with Crippen molar-refractivity contribution in [2.75, 3.05) is 4.90 Å². The normalized spacial score (nSPS) is 12.0. The number of rotatable bonds is 3. The van der Waals surface area contributed by atoms with Gasteiger partial charge in [-0.15, -0.1) is 0 Å². The number of nitrogens with zero attached hydrogens (tertiary/aromatic N) is 4. The molecular weight excluding hydrogens is 536 g/mol. The zero-order valence-corrected chi connectivity index (χ0v) is 23.8. The second-order valence-electron chi connectivity index (χ2n) is 11.1. The highest BCUT2D eigenvalue weighted by atomic mass is 15.2. The van der Waals surface area contributed by atoms with E-state index in [0.29, 0.717) is 0 Å². The van der Waals surface area contributed by atoms with Crippen LogP contribution in [-0.4, -0.2) is 14.5 Å². The molecule has 206 valence electrons. The third kappa shape index (κ3) is 3.71. The summed E-state index contributed by atoms with van der Waals surface area (Å²) in [4.78, 5) is 12.0. The largest absolute Gasteiger partial charge is 0.309 e. The molecule has 9 rings (SSSR count). The molecule has 3 aromatic heterocycles. The molecule has 4 heterocycles. The van der Waals surface area contributed by atoms with Crippen molar-refractivity contribution in [2.24, 2.45) is 0 Å². The topological polar surface area (TPSA) is 34.0 Å². The number of anilines is 3. The van der Waals surface area contributed by atoms with E-state index in [1.807, 2.05) is 18.5 Å². The van der Waals surface area contributed by atoms with Crippen molar-refractivity contribution in [3.8, 4) is 39.3 Å². The number of fused-ring (bicyclic) bond motifs is 8. The SMILES string of the molecule is c1ccc(-n2c3c(c4ccccc42)-c2ccncc2N(c2cccc(-c4ccc5ccccc5n4)c2)c2ccccc2-3)cc1. The Morgan fingerprint density at radius 2 is 1.34 bits per heavy atom. The van der Waals surface area contributed by atoms with Crippen molar-refractivity contribution in [2.45, 2.75) is 0 Å². The van der Waals surface area contributed by atoms with Gasteiger partial charge in [0.1, 0.15) is 0 Å². The van der Waals surface area contributed by atoms with E-state index < -0.39 is 0 Å². The van der Waals surface area contributed by atoms with Gasteiger partial charge in [-0.1, -0.05) is 91.0 Å². The van der Waals surface area contributed by atoms with E-state index in [2.05, 4.69) is 154 Å². The van der Waals surface area contributed by atoms with Crippen LogP contribution in [0.4, 0.5) is 17.1 Å². The summed E-state index contributed by atoms with van der Waals surface area (Å²) in [6, 6.07) is 51.4. The zero-order chi connectivity index (χ0) is 29.0. The minimum Gasteiger partial charge on any atom is -0.309 e. The van der Waals surface area contributed by atoms with Gasteiger partial charge in [-0.2, -0.15) is 0 Å². The molecule has 0 unspecified atom stereocenters. The monoisotopic (exact) mass is 562 g/mol. The van der Waals surface area contributed by atoms with Crippen LogP contribution in [0.15, 0.2) is 158 Å². The van der Waals surface area contributed by atoms with Crippen LogP contribution in [0.3, 0.4) is 0 Å². The quantitative estimate of drug-likeness (QED) is 0.215. The van der Waals surface area contributed by atoms with E-state index in [0.717, 1.165) is 56.0 Å². The lowest BCUT2D eigenvalue weighted by Crippen LogP contribution is -2.11. The first-order valence-corrected chi connectivity index (χ1v) is 14.8. The maximum atomic E-state index is 5.01. The Labute approximate surface area is 255 Å². The van der Waals surface area contributed by atoms with E-state index in [-0.39, 0.29) is 0 Å². The Morgan fingerprint density at radius 3 is 2.30 bits per heavy atom. The van der Waals surface area contributed by atoms with Crippen molar-refractivity contribution >= 4 is 38.9 Å². The van der Waals surface area contributed by atoms with Gasteiger partial charge in [0.25, 0.3) is 0 Å². The second-order valence-corrected chi connectivity index (χ2v) is 11.1. The highest BCUT2D eigenvalue weighted by Crippen LogP contribution is 2.54. The Morgan fingerprint density at radius 1 is 0.545 bits per heavy atom. The highest BCUT2D eigenvalue weighted by molar-refractivity contribution is 6.12. The van der Waals surface area contributed by atoms with Gasteiger partial charge in [0, 0.05) is 50.6 Å². The summed E-state index contributed by atoms with van der Waals surface area (Å²) in [7, 11) is 0. The smallest absolute Gasteiger partial charge is 0.0724 e. The Kier molecular flexibility index (Phi) is 5.47. The fourth-order valence-corrected chi connectivity index (χ4v) is 6.70. The van der Waals surface area contributed by atoms with E-state index in [1.165, 1.54) is 22.2 Å². The molecule has 0 bridgehead atoms. The molecule has 0 fully saturated rings. The summed E-state index contributed by atoms with van der Waals surface area (Å²) in [5.41, 5.74) is 13.2. The number of benzene rings is 5. The second kappa shape index (κ2) is 9.79. The Bertz CT molecular complexity index is 2350. The van der Waals surface area contributed by atoms with Crippen LogP contribution in [-0.2, 0) is 0 Å². The molecule has 8 aromatic rings. The zero-order valence-electron chi connectivity index (χ0n) is 23.8. The summed E-state index contributed by atoms with van der Waals surface area (Å²) in [5, 5.41) is 2.35. The van der Waals surface area contributed by atoms with Crippen LogP contribution in [0.1, 0.15) is 0 Å². The highest BCUT2D eigenvalue weighted by Gasteiger charge is 2.31. The average molecular weight is 563 g/mol. The number of aromatic nitrogens is 3. The molecule has 1 aliphatic heterocycles. The predicted molar refractivity (Wildman–Crippen MR) is 181 cm³/mol. The van der Waals surface area contributed by atoms with Gasteiger partial charge < -0.3 is 9.47 Å². The summed E-state index contributed by atoms with van der Waals surface area (Å²) in [6.45, 7) is 0. The first-order chi connectivity index (χ1) is 21.8. The lowest BCUT2D eigenvalue weighted by Gasteiger charge is -2.27. The number of hydrogen-bond acceptors (Lipinski definition) is 3. The first kappa shape index (κ1) is 24.6. The summed E-state index contributed by atoms with van der Waals surface area (Å²) < 4.78 is 2.41. The predicted octanol–water partition coefficient (Wildman–Crippen LogP) is 10.4. The molecule has 0 spiro atoms. The van der Waals surface area contributed by atoms with Gasteiger partial charge in [-0.3, -0.25) is 4.98 Å². The molecule has 0 radical (unpaired) electrons. The molecule has 0 amide bonds. The third-order valence-electron chi connectivity index (χ3n) is 8.60. The average Bonchev–Trinajstić information content (AvgIpc) is 3.38. The fourth-order valence-electron chi connectivity index (χ4n) is 6.70. The molecule has 0 N–H and O–H groups in total. The van der Waals surface area contributed by atoms with Gasteiger partial charge in [0.2, 0.25) is 0 Å². The molecule has 4 heteroatoms. The third-order valence-corrected chi connectivity index (χ3v) is 8.60. The first-order valence-electron chi connectivity index (χ1n) is 14.8. The van der Waals surface area contributed by atoms with Crippen molar-refractivity contribution in [1.82, 2.24) is 14.5 Å². The summed E-state index contributed by atoms with van der Waals surface area (Å²) in [5.74, 6) is 0. The van der Waals surface area contributed by atoms with Crippen molar-refractivity contribution in [3.05, 3.63) is 158 Å². The molecule has 1 aliphatic rings. The number of pyridine rings is 2. The number of hydrogen-bond donors (Lipinski definition) is 0. The minimum atomic E-state index is 0.949. The molecule has 0 saturated heterocycles.